The van der Waals surface area contributed by atoms with Crippen LogP contribution in [0.15, 0.2) is 42.5 Å². The van der Waals surface area contributed by atoms with E-state index in [0.717, 1.165) is 31.4 Å². The lowest BCUT2D eigenvalue weighted by Crippen LogP contribution is -2.53. The summed E-state index contributed by atoms with van der Waals surface area (Å²) in [5, 5.41) is 13.6. The molecule has 154 valence electrons. The van der Waals surface area contributed by atoms with Crippen LogP contribution in [0.4, 0.5) is 5.69 Å². The number of aryl methyl sites for hydroxylation is 1. The van der Waals surface area contributed by atoms with Gasteiger partial charge in [-0.3, -0.25) is 4.79 Å². The molecule has 2 aromatic rings. The summed E-state index contributed by atoms with van der Waals surface area (Å²) >= 11 is 0. The standard InChI is InChI=1S/C25H31NO3/c1-24(2)21-11-10-16-14-18(23(28)26-17-8-6-5-7-9-17)20(29-4)15-19(16)25(21,3)13-12-22(24)27/h5-9,14-15,21-22,27H,10-13H2,1-4H3,(H,26,28)/t21-,22-,25+/m0/s1. The van der Waals surface area contributed by atoms with Crippen molar-refractivity contribution in [2.45, 2.75) is 58.0 Å². The first kappa shape index (κ1) is 20.0. The second kappa shape index (κ2) is 7.17. The summed E-state index contributed by atoms with van der Waals surface area (Å²) in [5.41, 5.74) is 3.72. The SMILES string of the molecule is COc1cc2c(cc1C(=O)Nc1ccccc1)CC[C@H]1C(C)(C)[C@@H](O)CC[C@]21C. The molecule has 4 heteroatoms. The highest BCUT2D eigenvalue weighted by molar-refractivity contribution is 6.06. The van der Waals surface area contributed by atoms with Crippen molar-refractivity contribution >= 4 is 11.6 Å². The van der Waals surface area contributed by atoms with E-state index in [1.807, 2.05) is 36.4 Å². The highest BCUT2D eigenvalue weighted by atomic mass is 16.5. The molecule has 0 aromatic heterocycles. The molecule has 2 N–H and O–H groups in total. The van der Waals surface area contributed by atoms with E-state index in [1.165, 1.54) is 11.1 Å². The number of ether oxygens (including phenoxy) is 1. The fraction of sp³-hybridized carbons (Fsp3) is 0.480. The van der Waals surface area contributed by atoms with E-state index in [-0.39, 0.29) is 22.8 Å². The summed E-state index contributed by atoms with van der Waals surface area (Å²) in [5.74, 6) is 0.866. The number of aliphatic hydroxyl groups is 1. The number of methoxy groups -OCH3 is 1. The van der Waals surface area contributed by atoms with Crippen LogP contribution in [0.2, 0.25) is 0 Å². The number of carbonyl (C=O) groups is 1. The molecule has 2 aliphatic carbocycles. The number of carbonyl (C=O) groups excluding carboxylic acids is 1. The molecular weight excluding hydrogens is 362 g/mol. The zero-order valence-corrected chi connectivity index (χ0v) is 17.8. The average Bonchev–Trinajstić information content (AvgIpc) is 2.71. The van der Waals surface area contributed by atoms with Crippen LogP contribution in [0.25, 0.3) is 0 Å². The predicted octanol–water partition coefficient (Wildman–Crippen LogP) is 4.95. The molecule has 0 saturated heterocycles. The Labute approximate surface area is 173 Å². The van der Waals surface area contributed by atoms with Crippen molar-refractivity contribution in [3.8, 4) is 5.75 Å². The molecule has 4 rings (SSSR count). The number of anilines is 1. The van der Waals surface area contributed by atoms with Gasteiger partial charge in [0, 0.05) is 5.69 Å². The summed E-state index contributed by atoms with van der Waals surface area (Å²) in [4.78, 5) is 13.0. The molecule has 4 nitrogen and oxygen atoms in total. The number of rotatable bonds is 3. The number of aliphatic hydroxyl groups excluding tert-OH is 1. The highest BCUT2D eigenvalue weighted by Crippen LogP contribution is 2.57. The lowest BCUT2D eigenvalue weighted by atomic mass is 9.49. The van der Waals surface area contributed by atoms with Crippen LogP contribution >= 0.6 is 0 Å². The Bertz CT molecular complexity index is 921. The summed E-state index contributed by atoms with van der Waals surface area (Å²) < 4.78 is 5.66. The number of para-hydroxylation sites is 1. The first-order valence-electron chi connectivity index (χ1n) is 10.5. The van der Waals surface area contributed by atoms with Gasteiger partial charge < -0.3 is 15.2 Å². The zero-order chi connectivity index (χ0) is 20.8. The highest BCUT2D eigenvalue weighted by Gasteiger charge is 2.53. The fourth-order valence-corrected chi connectivity index (χ4v) is 5.78. The number of benzene rings is 2. The van der Waals surface area contributed by atoms with Crippen LogP contribution in [0, 0.1) is 11.3 Å². The van der Waals surface area contributed by atoms with Crippen molar-refractivity contribution in [3.63, 3.8) is 0 Å². The molecule has 0 unspecified atom stereocenters. The summed E-state index contributed by atoms with van der Waals surface area (Å²) in [6, 6.07) is 13.6. The summed E-state index contributed by atoms with van der Waals surface area (Å²) in [6.07, 6.45) is 3.44. The van der Waals surface area contributed by atoms with Gasteiger partial charge in [0.2, 0.25) is 0 Å². The third-order valence-electron chi connectivity index (χ3n) is 7.48. The molecule has 0 spiro atoms. The average molecular weight is 394 g/mol. The van der Waals surface area contributed by atoms with Gasteiger partial charge in [0.05, 0.1) is 18.8 Å². The van der Waals surface area contributed by atoms with Gasteiger partial charge in [-0.05, 0) is 77.8 Å². The van der Waals surface area contributed by atoms with Crippen LogP contribution in [0.3, 0.4) is 0 Å². The van der Waals surface area contributed by atoms with Crippen LogP contribution in [0.5, 0.6) is 5.75 Å². The van der Waals surface area contributed by atoms with Gasteiger partial charge in [0.15, 0.2) is 0 Å². The maximum Gasteiger partial charge on any atom is 0.259 e. The maximum atomic E-state index is 13.0. The molecule has 1 saturated carbocycles. The Hall–Kier alpha value is -2.33. The Morgan fingerprint density at radius 1 is 1.14 bits per heavy atom. The van der Waals surface area contributed by atoms with E-state index in [1.54, 1.807) is 7.11 Å². The molecule has 0 radical (unpaired) electrons. The molecule has 1 fully saturated rings. The second-order valence-corrected chi connectivity index (χ2v) is 9.41. The lowest BCUT2D eigenvalue weighted by molar-refractivity contribution is -0.0731. The number of fused-ring (bicyclic) bond motifs is 3. The quantitative estimate of drug-likeness (QED) is 0.776. The maximum absolute atomic E-state index is 13.0. The van der Waals surface area contributed by atoms with Crippen molar-refractivity contribution in [1.29, 1.82) is 0 Å². The third-order valence-corrected chi connectivity index (χ3v) is 7.48. The molecule has 0 heterocycles. The molecule has 2 aliphatic rings. The Morgan fingerprint density at radius 3 is 2.55 bits per heavy atom. The molecule has 1 amide bonds. The fourth-order valence-electron chi connectivity index (χ4n) is 5.78. The van der Waals surface area contributed by atoms with Gasteiger partial charge in [-0.1, -0.05) is 39.0 Å². The third kappa shape index (κ3) is 3.24. The first-order chi connectivity index (χ1) is 13.8. The number of hydrogen-bond acceptors (Lipinski definition) is 3. The Kier molecular flexibility index (Phi) is 4.94. The summed E-state index contributed by atoms with van der Waals surface area (Å²) in [7, 11) is 1.62. The zero-order valence-electron chi connectivity index (χ0n) is 17.8. The van der Waals surface area contributed by atoms with Crippen molar-refractivity contribution in [3.05, 3.63) is 59.2 Å². The van der Waals surface area contributed by atoms with E-state index >= 15 is 0 Å². The Balaban J connectivity index is 1.73. The minimum atomic E-state index is -0.264. The van der Waals surface area contributed by atoms with E-state index in [0.29, 0.717) is 17.2 Å². The number of nitrogens with one attached hydrogen (secondary N) is 1. The van der Waals surface area contributed by atoms with E-state index in [9.17, 15) is 9.90 Å². The molecule has 29 heavy (non-hydrogen) atoms. The number of hydrogen-bond donors (Lipinski definition) is 2. The topological polar surface area (TPSA) is 58.6 Å². The van der Waals surface area contributed by atoms with Crippen LogP contribution in [-0.4, -0.2) is 24.2 Å². The normalized spacial score (nSPS) is 27.5. The van der Waals surface area contributed by atoms with Crippen molar-refractivity contribution < 1.29 is 14.6 Å². The molecule has 0 aliphatic heterocycles. The van der Waals surface area contributed by atoms with E-state index < -0.39 is 0 Å². The predicted molar refractivity (Wildman–Crippen MR) is 116 cm³/mol. The van der Waals surface area contributed by atoms with Crippen molar-refractivity contribution in [2.24, 2.45) is 11.3 Å². The van der Waals surface area contributed by atoms with Crippen LogP contribution in [0.1, 0.15) is 61.5 Å². The lowest BCUT2D eigenvalue weighted by Gasteiger charge is -2.56. The van der Waals surface area contributed by atoms with Gasteiger partial charge in [0.1, 0.15) is 5.75 Å². The van der Waals surface area contributed by atoms with Gasteiger partial charge in [-0.25, -0.2) is 0 Å². The first-order valence-corrected chi connectivity index (χ1v) is 10.5. The monoisotopic (exact) mass is 393 g/mol. The van der Waals surface area contributed by atoms with E-state index in [4.69, 9.17) is 4.74 Å². The largest absolute Gasteiger partial charge is 0.496 e. The van der Waals surface area contributed by atoms with E-state index in [2.05, 4.69) is 32.2 Å². The van der Waals surface area contributed by atoms with Crippen LogP contribution < -0.4 is 10.1 Å². The second-order valence-electron chi connectivity index (χ2n) is 9.41. The molecule has 0 bridgehead atoms. The van der Waals surface area contributed by atoms with Crippen LogP contribution in [-0.2, 0) is 11.8 Å². The van der Waals surface area contributed by atoms with Gasteiger partial charge in [0.25, 0.3) is 5.91 Å². The summed E-state index contributed by atoms with van der Waals surface area (Å²) in [6.45, 7) is 6.72. The molecular formula is C25H31NO3. The minimum absolute atomic E-state index is 0.0158. The minimum Gasteiger partial charge on any atom is -0.496 e. The molecule has 2 aromatic carbocycles. The number of amides is 1. The van der Waals surface area contributed by atoms with Gasteiger partial charge in [-0.15, -0.1) is 0 Å². The van der Waals surface area contributed by atoms with Crippen molar-refractivity contribution in [1.82, 2.24) is 0 Å². The van der Waals surface area contributed by atoms with Gasteiger partial charge in [-0.2, -0.15) is 0 Å². The Morgan fingerprint density at radius 2 is 1.86 bits per heavy atom. The van der Waals surface area contributed by atoms with Crippen molar-refractivity contribution in [2.75, 3.05) is 12.4 Å². The van der Waals surface area contributed by atoms with Gasteiger partial charge >= 0.3 is 0 Å². The molecule has 3 atom stereocenters. The smallest absolute Gasteiger partial charge is 0.259 e.